The zero-order valence-electron chi connectivity index (χ0n) is 12.2. The molecule has 6 nitrogen and oxygen atoms in total. The topological polar surface area (TPSA) is 72.9 Å². The predicted molar refractivity (Wildman–Crippen MR) is 73.3 cm³/mol. The molecule has 0 radical (unpaired) electrons. The standard InChI is InChI=1S/C15H17NO5/c1-15(2,3)10-6-4-5-7-11(10)20-14(19)21-16-12(17)8-9-13(16)18/h4-7H,8-9H2,1-3H3. The van der Waals surface area contributed by atoms with Crippen LogP contribution in [0.4, 0.5) is 4.79 Å². The van der Waals surface area contributed by atoms with Crippen molar-refractivity contribution in [1.82, 2.24) is 5.06 Å². The predicted octanol–water partition coefficient (Wildman–Crippen LogP) is 2.56. The third kappa shape index (κ3) is 3.39. The Morgan fingerprint density at radius 2 is 1.67 bits per heavy atom. The number of amides is 2. The average Bonchev–Trinajstić information content (AvgIpc) is 2.70. The van der Waals surface area contributed by atoms with Crippen molar-refractivity contribution in [1.29, 1.82) is 0 Å². The number of hydrogen-bond donors (Lipinski definition) is 0. The molecule has 1 aliphatic heterocycles. The van der Waals surface area contributed by atoms with Gasteiger partial charge in [0.2, 0.25) is 0 Å². The molecule has 0 N–H and O–H groups in total. The van der Waals surface area contributed by atoms with Crippen LogP contribution in [0.5, 0.6) is 5.75 Å². The highest BCUT2D eigenvalue weighted by atomic mass is 16.8. The number of hydroxylamine groups is 2. The normalized spacial score (nSPS) is 15.3. The van der Waals surface area contributed by atoms with E-state index in [1.165, 1.54) is 0 Å². The molecule has 112 valence electrons. The van der Waals surface area contributed by atoms with Gasteiger partial charge in [-0.05, 0) is 11.5 Å². The fourth-order valence-corrected chi connectivity index (χ4v) is 2.02. The fraction of sp³-hybridized carbons (Fsp3) is 0.400. The summed E-state index contributed by atoms with van der Waals surface area (Å²) in [6.45, 7) is 5.94. The summed E-state index contributed by atoms with van der Waals surface area (Å²) in [6, 6.07) is 7.04. The van der Waals surface area contributed by atoms with Crippen molar-refractivity contribution in [3.05, 3.63) is 29.8 Å². The van der Waals surface area contributed by atoms with Gasteiger partial charge in [-0.3, -0.25) is 14.4 Å². The van der Waals surface area contributed by atoms with Crippen molar-refractivity contribution in [2.45, 2.75) is 39.0 Å². The highest BCUT2D eigenvalue weighted by Crippen LogP contribution is 2.31. The van der Waals surface area contributed by atoms with E-state index >= 15 is 0 Å². The van der Waals surface area contributed by atoms with Gasteiger partial charge in [-0.2, -0.15) is 0 Å². The molecule has 1 fully saturated rings. The number of carbonyl (C=O) groups excluding carboxylic acids is 3. The zero-order chi connectivity index (χ0) is 15.6. The second-order valence-electron chi connectivity index (χ2n) is 5.77. The summed E-state index contributed by atoms with van der Waals surface area (Å²) in [6.07, 6.45) is -1.01. The highest BCUT2D eigenvalue weighted by molar-refractivity contribution is 6.01. The molecule has 2 rings (SSSR count). The first-order chi connectivity index (χ1) is 9.79. The lowest BCUT2D eigenvalue weighted by atomic mass is 9.86. The summed E-state index contributed by atoms with van der Waals surface area (Å²) in [4.78, 5) is 39.2. The minimum atomic E-state index is -1.10. The Kier molecular flexibility index (Phi) is 3.97. The maximum atomic E-state index is 11.7. The molecule has 0 spiro atoms. The van der Waals surface area contributed by atoms with E-state index in [9.17, 15) is 14.4 Å². The van der Waals surface area contributed by atoms with Crippen molar-refractivity contribution in [3.8, 4) is 5.75 Å². The quantitative estimate of drug-likeness (QED) is 0.475. The lowest BCUT2D eigenvalue weighted by Gasteiger charge is -2.22. The number of nitrogens with zero attached hydrogens (tertiary/aromatic N) is 1. The number of carbonyl (C=O) groups is 3. The van der Waals surface area contributed by atoms with Crippen molar-refractivity contribution < 1.29 is 24.0 Å². The number of hydrogen-bond acceptors (Lipinski definition) is 5. The largest absolute Gasteiger partial charge is 0.539 e. The molecule has 1 saturated heterocycles. The van der Waals surface area contributed by atoms with Gasteiger partial charge in [-0.15, -0.1) is 0 Å². The molecule has 0 unspecified atom stereocenters. The first-order valence-corrected chi connectivity index (χ1v) is 6.64. The summed E-state index contributed by atoms with van der Waals surface area (Å²) >= 11 is 0. The summed E-state index contributed by atoms with van der Waals surface area (Å²) in [5.41, 5.74) is 0.594. The van der Waals surface area contributed by atoms with Gasteiger partial charge in [0.1, 0.15) is 5.75 Å². The Balaban J connectivity index is 2.10. The number of para-hydroxylation sites is 1. The van der Waals surface area contributed by atoms with E-state index < -0.39 is 18.0 Å². The molecule has 1 aliphatic rings. The maximum Gasteiger partial charge on any atom is 0.539 e. The molecule has 0 bridgehead atoms. The molecule has 0 aromatic heterocycles. The molecule has 2 amide bonds. The van der Waals surface area contributed by atoms with Crippen LogP contribution in [0.2, 0.25) is 0 Å². The molecule has 0 aliphatic carbocycles. The summed E-state index contributed by atoms with van der Waals surface area (Å²) in [7, 11) is 0. The van der Waals surface area contributed by atoms with Crippen LogP contribution in [-0.4, -0.2) is 23.0 Å². The highest BCUT2D eigenvalue weighted by Gasteiger charge is 2.34. The number of imide groups is 1. The van der Waals surface area contributed by atoms with E-state index in [1.807, 2.05) is 32.9 Å². The van der Waals surface area contributed by atoms with E-state index in [0.29, 0.717) is 10.8 Å². The van der Waals surface area contributed by atoms with Crippen LogP contribution in [0.25, 0.3) is 0 Å². The lowest BCUT2D eigenvalue weighted by molar-refractivity contribution is -0.174. The Labute approximate surface area is 122 Å². The van der Waals surface area contributed by atoms with Gasteiger partial charge < -0.3 is 4.74 Å². The van der Waals surface area contributed by atoms with Crippen LogP contribution in [0.15, 0.2) is 24.3 Å². The lowest BCUT2D eigenvalue weighted by Crippen LogP contribution is -2.33. The molecular weight excluding hydrogens is 274 g/mol. The summed E-state index contributed by atoms with van der Waals surface area (Å²) in [5, 5.41) is 0.460. The van der Waals surface area contributed by atoms with Crippen molar-refractivity contribution in [2.24, 2.45) is 0 Å². The van der Waals surface area contributed by atoms with E-state index in [2.05, 4.69) is 4.84 Å². The van der Waals surface area contributed by atoms with Gasteiger partial charge in [0, 0.05) is 18.4 Å². The second-order valence-corrected chi connectivity index (χ2v) is 5.77. The maximum absolute atomic E-state index is 11.7. The zero-order valence-corrected chi connectivity index (χ0v) is 12.2. The van der Waals surface area contributed by atoms with Crippen LogP contribution in [-0.2, 0) is 19.8 Å². The number of ether oxygens (including phenoxy) is 1. The summed E-state index contributed by atoms with van der Waals surface area (Å²) < 4.78 is 5.12. The van der Waals surface area contributed by atoms with Crippen molar-refractivity contribution >= 4 is 18.0 Å². The first-order valence-electron chi connectivity index (χ1n) is 6.64. The Morgan fingerprint density at radius 1 is 1.10 bits per heavy atom. The van der Waals surface area contributed by atoms with Gasteiger partial charge in [0.25, 0.3) is 11.8 Å². The monoisotopic (exact) mass is 291 g/mol. The number of rotatable bonds is 2. The van der Waals surface area contributed by atoms with Crippen LogP contribution < -0.4 is 4.74 Å². The average molecular weight is 291 g/mol. The van der Waals surface area contributed by atoms with Gasteiger partial charge in [0.05, 0.1) is 0 Å². The molecule has 0 saturated carbocycles. The Morgan fingerprint density at radius 3 is 2.24 bits per heavy atom. The molecule has 6 heteroatoms. The van der Waals surface area contributed by atoms with Crippen LogP contribution in [0.3, 0.4) is 0 Å². The molecule has 1 aromatic carbocycles. The van der Waals surface area contributed by atoms with Crippen LogP contribution in [0.1, 0.15) is 39.2 Å². The first kappa shape index (κ1) is 15.0. The third-order valence-electron chi connectivity index (χ3n) is 3.06. The molecule has 21 heavy (non-hydrogen) atoms. The van der Waals surface area contributed by atoms with Gasteiger partial charge >= 0.3 is 6.16 Å². The SMILES string of the molecule is CC(C)(C)c1ccccc1OC(=O)ON1C(=O)CCC1=O. The third-order valence-corrected chi connectivity index (χ3v) is 3.06. The van der Waals surface area contributed by atoms with Crippen LogP contribution >= 0.6 is 0 Å². The Bertz CT molecular complexity index is 572. The molecule has 1 heterocycles. The molecule has 0 atom stereocenters. The molecular formula is C15H17NO5. The van der Waals surface area contributed by atoms with Gasteiger partial charge in [-0.1, -0.05) is 44.0 Å². The fourth-order valence-electron chi connectivity index (χ4n) is 2.02. The van der Waals surface area contributed by atoms with E-state index in [1.54, 1.807) is 12.1 Å². The minimum Gasteiger partial charge on any atom is -0.393 e. The van der Waals surface area contributed by atoms with Crippen molar-refractivity contribution in [2.75, 3.05) is 0 Å². The van der Waals surface area contributed by atoms with E-state index in [0.717, 1.165) is 5.56 Å². The molecule has 1 aromatic rings. The van der Waals surface area contributed by atoms with Gasteiger partial charge in [0.15, 0.2) is 0 Å². The smallest absolute Gasteiger partial charge is 0.393 e. The minimum absolute atomic E-state index is 0.0463. The van der Waals surface area contributed by atoms with Crippen molar-refractivity contribution in [3.63, 3.8) is 0 Å². The Hall–Kier alpha value is -2.37. The second kappa shape index (κ2) is 5.55. The van der Waals surface area contributed by atoms with Gasteiger partial charge in [-0.25, -0.2) is 4.79 Å². The van der Waals surface area contributed by atoms with Crippen LogP contribution in [0, 0.1) is 0 Å². The van der Waals surface area contributed by atoms with E-state index in [-0.39, 0.29) is 18.3 Å². The van der Waals surface area contributed by atoms with E-state index in [4.69, 9.17) is 4.74 Å². The number of benzene rings is 1. The summed E-state index contributed by atoms with van der Waals surface area (Å²) in [5.74, 6) is -0.740.